The van der Waals surface area contributed by atoms with Gasteiger partial charge in [-0.25, -0.2) is 0 Å². The maximum Gasteiger partial charge on any atom is 0.302 e. The van der Waals surface area contributed by atoms with Crippen LogP contribution in [0, 0.1) is 23.7 Å². The van der Waals surface area contributed by atoms with E-state index < -0.39 is 17.0 Å². The summed E-state index contributed by atoms with van der Waals surface area (Å²) in [7, 11) is 11.8. The van der Waals surface area contributed by atoms with Crippen LogP contribution in [0.1, 0.15) is 380 Å². The Balaban J connectivity index is -0.0000000258. The molecular weight excluding hydrogens is 1670 g/mol. The largest absolute Gasteiger partial charge is 0.469 e. The summed E-state index contributed by atoms with van der Waals surface area (Å²) < 4.78 is 38.0. The Morgan fingerprint density at radius 1 is 0.350 bits per heavy atom. The lowest BCUT2D eigenvalue weighted by Gasteiger charge is -2.25. The normalized spacial score (nSPS) is 9.27. The predicted molar refractivity (Wildman–Crippen MR) is 579 cm³/mol. The van der Waals surface area contributed by atoms with Crippen molar-refractivity contribution in [3.63, 3.8) is 0 Å². The zero-order valence-corrected chi connectivity index (χ0v) is 87.4. The van der Waals surface area contributed by atoms with Crippen molar-refractivity contribution < 1.29 is 86.5 Å². The number of rotatable bonds is 22. The molecule has 0 fully saturated rings. The second-order valence-electron chi connectivity index (χ2n) is 29.0. The highest BCUT2D eigenvalue weighted by Crippen LogP contribution is 2.37. The molecule has 0 aliphatic heterocycles. The van der Waals surface area contributed by atoms with E-state index in [-0.39, 0.29) is 181 Å². The highest BCUT2D eigenvalue weighted by Gasteiger charge is 2.30. The highest BCUT2D eigenvalue weighted by atomic mass is 32.2. The minimum atomic E-state index is -0.617. The zero-order valence-electron chi connectivity index (χ0n) is 80.7. The second-order valence-corrected chi connectivity index (χ2v) is 39.7. The molecule has 26 heteroatoms. The molecule has 0 spiro atoms. The Hall–Kier alpha value is -0.560. The van der Waals surface area contributed by atoms with Crippen LogP contribution in [0.2, 0.25) is 0 Å². The fourth-order valence-electron chi connectivity index (χ4n) is 4.17. The van der Waals surface area contributed by atoms with Crippen LogP contribution in [0.5, 0.6) is 0 Å². The fourth-order valence-corrected chi connectivity index (χ4v) is 8.05. The summed E-state index contributed by atoms with van der Waals surface area (Å²) >= 11 is 18.4. The Morgan fingerprint density at radius 3 is 0.608 bits per heavy atom. The number of hydrogen-bond acceptors (Lipinski definition) is 26. The molecule has 120 heavy (non-hydrogen) atoms. The molecule has 0 rings (SSSR count). The third-order valence-electron chi connectivity index (χ3n) is 11.2. The Morgan fingerprint density at radius 2 is 0.558 bits per heavy atom. The molecule has 0 aromatic heterocycles. The summed E-state index contributed by atoms with van der Waals surface area (Å²) in [5.74, 6) is 1.03. The van der Waals surface area contributed by atoms with E-state index in [1.807, 2.05) is 206 Å². The number of aliphatic hydroxyl groups is 2. The van der Waals surface area contributed by atoms with Gasteiger partial charge in [0.05, 0.1) is 46.1 Å². The number of ketones is 6. The molecule has 0 bridgehead atoms. The average molecular weight is 1910 g/mol. The van der Waals surface area contributed by atoms with Crippen molar-refractivity contribution in [2.75, 3.05) is 94.4 Å². The number of ether oxygens (including phenoxy) is 8. The molecule has 0 atom stereocenters. The summed E-state index contributed by atoms with van der Waals surface area (Å²) in [6, 6.07) is 0. The van der Waals surface area contributed by atoms with Crippen LogP contribution in [0.15, 0.2) is 0 Å². The van der Waals surface area contributed by atoms with Gasteiger partial charge in [-0.2, -0.15) is 60.5 Å². The minimum absolute atomic E-state index is 0. The summed E-state index contributed by atoms with van der Waals surface area (Å²) in [5.41, 5.74) is -1.23. The predicted octanol–water partition coefficient (Wildman–Crippen LogP) is 29.6. The fraction of sp³-hybridized carbons (Fsp3) is 0.915. The summed E-state index contributed by atoms with van der Waals surface area (Å²) in [6.07, 6.45) is 12.6. The average Bonchev–Trinajstić information content (AvgIpc) is 0.883. The second kappa shape index (κ2) is 136. The van der Waals surface area contributed by atoms with E-state index in [0.717, 1.165) is 17.6 Å². The van der Waals surface area contributed by atoms with E-state index >= 15 is 0 Å². The van der Waals surface area contributed by atoms with Gasteiger partial charge in [-0.3, -0.25) is 38.4 Å². The van der Waals surface area contributed by atoms with Gasteiger partial charge in [0.2, 0.25) is 0 Å². The molecular formula is C94H232O18S8. The van der Waals surface area contributed by atoms with Gasteiger partial charge in [0, 0.05) is 96.8 Å². The number of Topliss-reactive ketones (excluding diaryl/α,β-unsaturated/α-hetero) is 6. The van der Waals surface area contributed by atoms with E-state index in [1.54, 1.807) is 146 Å². The van der Waals surface area contributed by atoms with E-state index in [2.05, 4.69) is 107 Å². The number of thioether (sulfide) groups is 6. The molecule has 0 heterocycles. The Kier molecular flexibility index (Phi) is 238. The number of hydrogen-bond donors (Lipinski definition) is 4. The van der Waals surface area contributed by atoms with Crippen LogP contribution in [0.3, 0.4) is 0 Å². The van der Waals surface area contributed by atoms with Gasteiger partial charge in [-0.05, 0) is 214 Å². The van der Waals surface area contributed by atoms with Gasteiger partial charge >= 0.3 is 11.9 Å². The van der Waals surface area contributed by atoms with Gasteiger partial charge in [0.1, 0.15) is 28.6 Å². The van der Waals surface area contributed by atoms with Crippen LogP contribution < -0.4 is 0 Å². The zero-order chi connectivity index (χ0) is 92.4. The maximum atomic E-state index is 11.4. The SMILES string of the molecule is C.C.C.C.C.C.C.C.C.C.C.C.CC(=O)C(C)(C)OC(C)C.CC(=O)C(C)(C)SC(C)C.CC(=O)C(C)C.CC(=O)C(C)C.CC(C)O.CC(C)S.CO.COC.COC(C)(C)C(=O)C(C)C.COC(C)(C)OC(C)C.COC(C)=O.COC(C)=O.COC(C)C.CS.CSC.CSC(C)(C)C(=O)C(C)C.CSC(C)(C)SC(C)C.CSC(C)C. The van der Waals surface area contributed by atoms with Crippen molar-refractivity contribution in [2.45, 2.75) is 456 Å². The van der Waals surface area contributed by atoms with E-state index in [0.29, 0.717) is 26.5 Å². The first-order valence-corrected chi connectivity index (χ1v) is 44.9. The quantitative estimate of drug-likeness (QED) is 0.0447. The van der Waals surface area contributed by atoms with Crippen LogP contribution in [0.25, 0.3) is 0 Å². The van der Waals surface area contributed by atoms with Gasteiger partial charge in [0.25, 0.3) is 0 Å². The van der Waals surface area contributed by atoms with Gasteiger partial charge in [-0.15, -0.1) is 35.3 Å². The number of carbonyl (C=O) groups is 8. The number of thiol groups is 2. The van der Waals surface area contributed by atoms with Crippen molar-refractivity contribution in [1.82, 2.24) is 0 Å². The molecule has 0 aliphatic rings. The molecule has 0 aliphatic carbocycles. The Bertz CT molecular complexity index is 1780. The molecule has 0 aromatic rings. The minimum Gasteiger partial charge on any atom is -0.469 e. The third kappa shape index (κ3) is 252. The standard InChI is InChI=1S/2C8H16O2.2C8H16OS.C7H16O2.C7H16S2.2C5H10O.C4H10O.C4H10S.2C3H6O2.C3H8O.C3H8S.C2H6O.C2H6S.CH4O.CH4S.12CH4/c1-6(2)7(9)8(3,4)10-5;1-6(2)10-8(4,5)7(3)9;1-6(2)7(9)8(3,4)10-5;1-6(2)10-8(4,5)7(3)9;2*1-6(2)9-7(3,4)8-5;2*1-4(2)5(3)6;2*1-4(2)5-3;2*1-3(4)5-2;2*1-3(2)4;2*1-3-2;2*1-2;;;;;;;;;;;;/h4*6H,1-5H3;2*6H,1-5H3;2*4H,1-3H3;2*4H,1-3H3;2*1-2H3;2*3-4H,1-2H3;2*1-2H3;2*2H,1H3;12*1H4. The van der Waals surface area contributed by atoms with Crippen LogP contribution in [0.4, 0.5) is 0 Å². The first kappa shape index (κ1) is 209. The van der Waals surface area contributed by atoms with E-state index in [4.69, 9.17) is 33.9 Å². The monoisotopic (exact) mass is 1910 g/mol. The molecule has 0 unspecified atom stereocenters. The molecule has 0 radical (unpaired) electrons. The van der Waals surface area contributed by atoms with Gasteiger partial charge in [-0.1, -0.05) is 200 Å². The van der Waals surface area contributed by atoms with Crippen molar-refractivity contribution in [1.29, 1.82) is 0 Å². The van der Waals surface area contributed by atoms with Gasteiger partial charge in [0.15, 0.2) is 23.1 Å². The summed E-state index contributed by atoms with van der Waals surface area (Å²) in [4.78, 5) is 84.0. The van der Waals surface area contributed by atoms with Crippen molar-refractivity contribution in [2.24, 2.45) is 23.7 Å². The lowest BCUT2D eigenvalue weighted by atomic mass is 9.94. The van der Waals surface area contributed by atoms with Gasteiger partial charge < -0.3 is 48.1 Å². The molecule has 764 valence electrons. The van der Waals surface area contributed by atoms with E-state index in [1.165, 1.54) is 28.1 Å². The lowest BCUT2D eigenvalue weighted by molar-refractivity contribution is -0.215. The van der Waals surface area contributed by atoms with Crippen LogP contribution >= 0.6 is 95.8 Å². The highest BCUT2D eigenvalue weighted by molar-refractivity contribution is 8.18. The van der Waals surface area contributed by atoms with Crippen LogP contribution in [-0.4, -0.2) is 227 Å². The summed E-state index contributed by atoms with van der Waals surface area (Å²) in [5, 5.41) is 17.7. The third-order valence-corrected chi connectivity index (χ3v) is 17.5. The number of aliphatic hydroxyl groups excluding tert-OH is 2. The number of esters is 2. The number of methoxy groups -OCH3 is 6. The first-order valence-electron chi connectivity index (χ1n) is 36.4. The van der Waals surface area contributed by atoms with Crippen LogP contribution in [-0.2, 0) is 76.3 Å². The van der Waals surface area contributed by atoms with E-state index in [9.17, 15) is 38.4 Å². The topological polar surface area (TPSA) is 251 Å². The first-order chi connectivity index (χ1) is 48.2. The number of carbonyl (C=O) groups excluding carboxylic acids is 8. The Labute approximate surface area is 797 Å². The summed E-state index contributed by atoms with van der Waals surface area (Å²) in [6.45, 7) is 80.1. The van der Waals surface area contributed by atoms with Crippen molar-refractivity contribution in [3.05, 3.63) is 0 Å². The molecule has 2 N–H and O–H groups in total. The van der Waals surface area contributed by atoms with Crippen molar-refractivity contribution in [3.8, 4) is 0 Å². The molecule has 0 amide bonds. The lowest BCUT2D eigenvalue weighted by Crippen LogP contribution is -2.36. The smallest absolute Gasteiger partial charge is 0.302 e. The molecule has 0 saturated carbocycles. The maximum absolute atomic E-state index is 11.4. The molecule has 0 aromatic carbocycles. The van der Waals surface area contributed by atoms with Crippen molar-refractivity contribution >= 4 is 142 Å². The molecule has 0 saturated heterocycles. The molecule has 18 nitrogen and oxygen atoms in total.